The Morgan fingerprint density at radius 1 is 0.561 bits per heavy atom. The van der Waals surface area contributed by atoms with E-state index >= 15 is 0 Å². The van der Waals surface area contributed by atoms with Crippen LogP contribution in [0.3, 0.4) is 0 Å². The summed E-state index contributed by atoms with van der Waals surface area (Å²) in [6.07, 6.45) is 45.6. The summed E-state index contributed by atoms with van der Waals surface area (Å²) in [6.45, 7) is 3.36. The first kappa shape index (κ1) is 54.4. The van der Waals surface area contributed by atoms with Gasteiger partial charge in [0.25, 0.3) is 0 Å². The standard InChI is InChI=1S/C46H79O10P/c1-3-5-7-8-9-10-11-12-13-14-15-16-17-18-19-20-24-32-38-45(49)54-40-44(41-55-57(51,52)53)56-46(50)39-33-25-22-21-23-29-35-43(48)37-31-27-26-30-36-42(47)34-28-6-4-2/h6,22-23,25-31,36-37,42-44,47-48H,3-5,7-21,24,32-35,38-41H2,1-2H3,(H2,51,52,53)/b25-22-,27-26-,28-6-,29-23-,36-30+,37-31+/t42-,43+,44+/m0/s1. The molecular weight excluding hydrogens is 743 g/mol. The molecule has 0 spiro atoms. The number of esters is 2. The van der Waals surface area contributed by atoms with Gasteiger partial charge in [0.1, 0.15) is 6.61 Å². The van der Waals surface area contributed by atoms with Crippen molar-refractivity contribution in [1.82, 2.24) is 0 Å². The average molecular weight is 823 g/mol. The number of carbonyl (C=O) groups is 2. The van der Waals surface area contributed by atoms with Gasteiger partial charge in [-0.2, -0.15) is 0 Å². The van der Waals surface area contributed by atoms with Gasteiger partial charge in [-0.15, -0.1) is 0 Å². The Morgan fingerprint density at radius 2 is 1.04 bits per heavy atom. The number of hydrogen-bond acceptors (Lipinski definition) is 8. The van der Waals surface area contributed by atoms with Crippen molar-refractivity contribution < 1.29 is 48.2 Å². The first-order valence-corrected chi connectivity index (χ1v) is 23.5. The number of phosphoric acid groups is 1. The SMILES string of the molecule is CC/C=C\C[C@H](O)/C=C/C=C\C=C\[C@H](O)C/C=C\C/C=C\CCC(=O)O[C@H](COC(=O)CCCCCCCCCCCCCCCCCCCC)COP(=O)(O)O. The number of unbranched alkanes of at least 4 members (excludes halogenated alkanes) is 17. The topological polar surface area (TPSA) is 160 Å². The van der Waals surface area contributed by atoms with Crippen LogP contribution in [0.4, 0.5) is 0 Å². The van der Waals surface area contributed by atoms with Crippen molar-refractivity contribution >= 4 is 19.8 Å². The first-order chi connectivity index (χ1) is 27.6. The van der Waals surface area contributed by atoms with E-state index in [1.54, 1.807) is 36.5 Å². The highest BCUT2D eigenvalue weighted by atomic mass is 31.2. The van der Waals surface area contributed by atoms with Gasteiger partial charge in [-0.05, 0) is 38.5 Å². The van der Waals surface area contributed by atoms with E-state index in [1.807, 2.05) is 43.4 Å². The van der Waals surface area contributed by atoms with Crippen LogP contribution in [0.2, 0.25) is 0 Å². The summed E-state index contributed by atoms with van der Waals surface area (Å²) >= 11 is 0. The molecule has 3 atom stereocenters. The molecule has 0 saturated heterocycles. The predicted molar refractivity (Wildman–Crippen MR) is 232 cm³/mol. The van der Waals surface area contributed by atoms with Gasteiger partial charge in [0, 0.05) is 12.8 Å². The van der Waals surface area contributed by atoms with Crippen molar-refractivity contribution in [3.63, 3.8) is 0 Å². The van der Waals surface area contributed by atoms with E-state index in [4.69, 9.17) is 19.3 Å². The Morgan fingerprint density at radius 3 is 1.53 bits per heavy atom. The van der Waals surface area contributed by atoms with Gasteiger partial charge in [-0.1, -0.05) is 196 Å². The maximum Gasteiger partial charge on any atom is 0.469 e. The third-order valence-electron chi connectivity index (χ3n) is 9.17. The second-order valence-corrected chi connectivity index (χ2v) is 15.9. The number of ether oxygens (including phenoxy) is 2. The monoisotopic (exact) mass is 823 g/mol. The normalized spacial score (nSPS) is 14.3. The molecule has 0 aromatic carbocycles. The number of phosphoric ester groups is 1. The lowest BCUT2D eigenvalue weighted by Crippen LogP contribution is -2.29. The van der Waals surface area contributed by atoms with E-state index in [2.05, 4.69) is 11.4 Å². The number of rotatable bonds is 39. The summed E-state index contributed by atoms with van der Waals surface area (Å²) in [5.41, 5.74) is 0. The lowest BCUT2D eigenvalue weighted by atomic mass is 10.0. The van der Waals surface area contributed by atoms with Crippen LogP contribution in [-0.2, 0) is 28.2 Å². The third kappa shape index (κ3) is 42.8. The van der Waals surface area contributed by atoms with Crippen LogP contribution in [-0.4, -0.2) is 63.5 Å². The number of carbonyl (C=O) groups excluding carboxylic acids is 2. The molecule has 0 radical (unpaired) electrons. The minimum atomic E-state index is -4.81. The molecule has 0 heterocycles. The molecule has 0 saturated carbocycles. The fraction of sp³-hybridized carbons (Fsp3) is 0.696. The van der Waals surface area contributed by atoms with Crippen molar-refractivity contribution in [2.24, 2.45) is 0 Å². The lowest BCUT2D eigenvalue weighted by Gasteiger charge is -2.18. The minimum Gasteiger partial charge on any atom is -0.462 e. The van der Waals surface area contributed by atoms with Crippen LogP contribution in [0.1, 0.15) is 174 Å². The molecule has 0 rings (SSSR count). The van der Waals surface area contributed by atoms with Gasteiger partial charge in [-0.25, -0.2) is 4.57 Å². The van der Waals surface area contributed by atoms with Crippen LogP contribution in [0.5, 0.6) is 0 Å². The van der Waals surface area contributed by atoms with Crippen LogP contribution >= 0.6 is 7.82 Å². The molecule has 4 N–H and O–H groups in total. The Hall–Kier alpha value is -2.59. The Labute approximate surface area is 345 Å². The molecule has 0 aromatic rings. The van der Waals surface area contributed by atoms with E-state index < -0.39 is 44.7 Å². The predicted octanol–water partition coefficient (Wildman–Crippen LogP) is 11.4. The molecule has 0 amide bonds. The van der Waals surface area contributed by atoms with Gasteiger partial charge in [0.05, 0.1) is 18.8 Å². The molecule has 0 unspecified atom stereocenters. The molecule has 0 aliphatic rings. The van der Waals surface area contributed by atoms with Crippen molar-refractivity contribution in [3.05, 3.63) is 72.9 Å². The van der Waals surface area contributed by atoms with Gasteiger partial charge in [-0.3, -0.25) is 14.1 Å². The smallest absolute Gasteiger partial charge is 0.462 e. The van der Waals surface area contributed by atoms with E-state index in [9.17, 15) is 24.4 Å². The zero-order valence-corrected chi connectivity index (χ0v) is 36.3. The Balaban J connectivity index is 4.13. The van der Waals surface area contributed by atoms with Crippen LogP contribution in [0.15, 0.2) is 72.9 Å². The second-order valence-electron chi connectivity index (χ2n) is 14.7. The molecule has 10 nitrogen and oxygen atoms in total. The van der Waals surface area contributed by atoms with Crippen LogP contribution in [0.25, 0.3) is 0 Å². The highest BCUT2D eigenvalue weighted by Crippen LogP contribution is 2.36. The minimum absolute atomic E-state index is 0.0287. The molecule has 0 fully saturated rings. The zero-order chi connectivity index (χ0) is 42.1. The fourth-order valence-electron chi connectivity index (χ4n) is 5.87. The molecule has 0 bridgehead atoms. The maximum absolute atomic E-state index is 12.4. The third-order valence-corrected chi connectivity index (χ3v) is 9.65. The summed E-state index contributed by atoms with van der Waals surface area (Å²) in [4.78, 5) is 42.9. The number of aliphatic hydroxyl groups excluding tert-OH is 2. The van der Waals surface area contributed by atoms with Crippen molar-refractivity contribution in [2.45, 2.75) is 193 Å². The molecule has 0 aliphatic heterocycles. The van der Waals surface area contributed by atoms with Crippen molar-refractivity contribution in [2.75, 3.05) is 13.2 Å². The van der Waals surface area contributed by atoms with E-state index in [0.717, 1.165) is 25.7 Å². The Kier molecular flexibility index (Phi) is 38.4. The summed E-state index contributed by atoms with van der Waals surface area (Å²) in [5.74, 6) is -1.05. The maximum atomic E-state index is 12.4. The Bertz CT molecular complexity index is 1190. The van der Waals surface area contributed by atoms with E-state index in [0.29, 0.717) is 32.1 Å². The lowest BCUT2D eigenvalue weighted by molar-refractivity contribution is -0.161. The molecule has 57 heavy (non-hydrogen) atoms. The van der Waals surface area contributed by atoms with E-state index in [1.165, 1.54) is 89.9 Å². The second kappa shape index (κ2) is 40.2. The first-order valence-electron chi connectivity index (χ1n) is 21.9. The van der Waals surface area contributed by atoms with Crippen LogP contribution < -0.4 is 0 Å². The molecule has 11 heteroatoms. The van der Waals surface area contributed by atoms with Crippen LogP contribution in [0, 0.1) is 0 Å². The number of allylic oxidation sites excluding steroid dienone is 8. The summed E-state index contributed by atoms with van der Waals surface area (Å²) < 4.78 is 26.3. The van der Waals surface area contributed by atoms with Crippen molar-refractivity contribution in [3.8, 4) is 0 Å². The van der Waals surface area contributed by atoms with Crippen molar-refractivity contribution in [1.29, 1.82) is 0 Å². The quantitative estimate of drug-likeness (QED) is 0.0154. The largest absolute Gasteiger partial charge is 0.469 e. The summed E-state index contributed by atoms with van der Waals surface area (Å²) in [6, 6.07) is 0. The summed E-state index contributed by atoms with van der Waals surface area (Å²) in [5, 5.41) is 19.9. The molecule has 0 aliphatic carbocycles. The highest BCUT2D eigenvalue weighted by Gasteiger charge is 2.22. The van der Waals surface area contributed by atoms with Gasteiger partial charge in [0.15, 0.2) is 6.10 Å². The molecular formula is C46H79O10P. The summed E-state index contributed by atoms with van der Waals surface area (Å²) in [7, 11) is -4.81. The molecule has 328 valence electrons. The average Bonchev–Trinajstić information content (AvgIpc) is 3.17. The van der Waals surface area contributed by atoms with Gasteiger partial charge >= 0.3 is 19.8 Å². The number of hydrogen-bond donors (Lipinski definition) is 4. The fourth-order valence-corrected chi connectivity index (χ4v) is 6.23. The van der Waals surface area contributed by atoms with Gasteiger partial charge < -0.3 is 29.5 Å². The van der Waals surface area contributed by atoms with E-state index in [-0.39, 0.29) is 19.4 Å². The van der Waals surface area contributed by atoms with Gasteiger partial charge in [0.2, 0.25) is 0 Å². The highest BCUT2D eigenvalue weighted by molar-refractivity contribution is 7.46. The number of aliphatic hydroxyl groups is 2. The molecule has 0 aromatic heterocycles. The zero-order valence-electron chi connectivity index (χ0n) is 35.4.